The summed E-state index contributed by atoms with van der Waals surface area (Å²) in [4.78, 5) is 0. The largest absolute Gasteiger partial charge is 0.359 e. The first-order valence-electron chi connectivity index (χ1n) is 2.69. The lowest BCUT2D eigenvalue weighted by Crippen LogP contribution is -1.99. The minimum absolute atomic E-state index is 0.245. The topological polar surface area (TPSA) is 9.23 Å². The van der Waals surface area contributed by atoms with E-state index in [0.29, 0.717) is 6.61 Å². The van der Waals surface area contributed by atoms with Crippen LogP contribution in [0.5, 0.6) is 0 Å². The van der Waals surface area contributed by atoms with E-state index in [-0.39, 0.29) is 5.56 Å². The van der Waals surface area contributed by atoms with Crippen LogP contribution in [0.1, 0.15) is 13.8 Å². The van der Waals surface area contributed by atoms with Gasteiger partial charge in [0, 0.05) is 6.61 Å². The summed E-state index contributed by atoms with van der Waals surface area (Å²) in [5.74, 6) is 0. The number of allylic oxidation sites excluding steroid dienone is 1. The zero-order valence-electron chi connectivity index (χ0n) is 5.23. The van der Waals surface area contributed by atoms with Crippen molar-refractivity contribution in [1.82, 2.24) is 0 Å². The first-order chi connectivity index (χ1) is 3.81. The summed E-state index contributed by atoms with van der Waals surface area (Å²) in [6.45, 7) is 4.49. The van der Waals surface area contributed by atoms with Crippen molar-refractivity contribution in [2.24, 2.45) is 0 Å². The quantitative estimate of drug-likeness (QED) is 0.425. The molecule has 0 spiro atoms. The third-order valence-electron chi connectivity index (χ3n) is 0.670. The number of rotatable bonds is 3. The summed E-state index contributed by atoms with van der Waals surface area (Å²) in [5.41, 5.74) is -0.245. The second-order valence-corrected chi connectivity index (χ2v) is 1.76. The van der Waals surface area contributed by atoms with E-state index in [1.165, 1.54) is 0 Å². The average molecular weight is 135 g/mol. The smallest absolute Gasteiger partial charge is 0.149 e. The minimum Gasteiger partial charge on any atom is -0.359 e. The van der Waals surface area contributed by atoms with E-state index in [9.17, 15) is 0 Å². The normalized spacial score (nSPS) is 14.9. The SMILES string of the molecule is CC=CC(Cl)OCC. The lowest BCUT2D eigenvalue weighted by atomic mass is 10.5. The zero-order valence-corrected chi connectivity index (χ0v) is 5.98. The van der Waals surface area contributed by atoms with Crippen LogP contribution >= 0.6 is 11.6 Å². The van der Waals surface area contributed by atoms with Crippen LogP contribution in [-0.4, -0.2) is 12.2 Å². The van der Waals surface area contributed by atoms with Gasteiger partial charge < -0.3 is 4.74 Å². The molecule has 0 fully saturated rings. The molecule has 0 saturated carbocycles. The summed E-state index contributed by atoms with van der Waals surface area (Å²) in [7, 11) is 0. The predicted molar refractivity (Wildman–Crippen MR) is 36.1 cm³/mol. The van der Waals surface area contributed by atoms with Crippen molar-refractivity contribution in [3.05, 3.63) is 12.2 Å². The maximum atomic E-state index is 5.57. The van der Waals surface area contributed by atoms with E-state index >= 15 is 0 Å². The Morgan fingerprint density at radius 3 is 2.75 bits per heavy atom. The van der Waals surface area contributed by atoms with E-state index in [1.807, 2.05) is 19.9 Å². The average Bonchev–Trinajstić information content (AvgIpc) is 1.68. The fourth-order valence-corrected chi connectivity index (χ4v) is 0.638. The van der Waals surface area contributed by atoms with Crippen molar-refractivity contribution in [2.45, 2.75) is 19.4 Å². The van der Waals surface area contributed by atoms with Crippen LogP contribution in [0.15, 0.2) is 12.2 Å². The van der Waals surface area contributed by atoms with E-state index in [0.717, 1.165) is 0 Å². The molecular formula is C6H11ClO. The molecule has 0 N–H and O–H groups in total. The molecule has 0 radical (unpaired) electrons. The molecule has 8 heavy (non-hydrogen) atoms. The molecule has 0 bridgehead atoms. The zero-order chi connectivity index (χ0) is 6.41. The van der Waals surface area contributed by atoms with Crippen molar-refractivity contribution >= 4 is 11.6 Å². The van der Waals surface area contributed by atoms with Gasteiger partial charge in [-0.05, 0) is 19.9 Å². The molecule has 0 aromatic rings. The second-order valence-electron chi connectivity index (χ2n) is 1.33. The molecule has 0 aromatic heterocycles. The molecule has 0 heterocycles. The molecule has 0 aliphatic carbocycles. The minimum atomic E-state index is -0.245. The number of halogens is 1. The Morgan fingerprint density at radius 2 is 2.38 bits per heavy atom. The van der Waals surface area contributed by atoms with Gasteiger partial charge in [0.25, 0.3) is 0 Å². The highest BCUT2D eigenvalue weighted by molar-refractivity contribution is 6.20. The van der Waals surface area contributed by atoms with E-state index in [2.05, 4.69) is 0 Å². The number of alkyl halides is 1. The van der Waals surface area contributed by atoms with Crippen LogP contribution in [-0.2, 0) is 4.74 Å². The maximum Gasteiger partial charge on any atom is 0.149 e. The molecule has 1 nitrogen and oxygen atoms in total. The maximum absolute atomic E-state index is 5.57. The standard InChI is InChI=1S/C6H11ClO/c1-3-5-6(7)8-4-2/h3,5-6H,4H2,1-2H3. The van der Waals surface area contributed by atoms with E-state index < -0.39 is 0 Å². The number of hydrogen-bond donors (Lipinski definition) is 0. The second kappa shape index (κ2) is 5.13. The molecule has 48 valence electrons. The molecule has 0 aliphatic heterocycles. The van der Waals surface area contributed by atoms with Gasteiger partial charge in [-0.25, -0.2) is 0 Å². The van der Waals surface area contributed by atoms with Gasteiger partial charge in [-0.2, -0.15) is 0 Å². The Hall–Kier alpha value is -0.0100. The Morgan fingerprint density at radius 1 is 1.75 bits per heavy atom. The summed E-state index contributed by atoms with van der Waals surface area (Å²) in [6, 6.07) is 0. The van der Waals surface area contributed by atoms with Crippen LogP contribution in [0.3, 0.4) is 0 Å². The van der Waals surface area contributed by atoms with Crippen molar-refractivity contribution in [3.8, 4) is 0 Å². The Labute approximate surface area is 55.3 Å². The van der Waals surface area contributed by atoms with Gasteiger partial charge in [0.2, 0.25) is 0 Å². The molecule has 0 rings (SSSR count). The van der Waals surface area contributed by atoms with E-state index in [4.69, 9.17) is 16.3 Å². The Kier molecular flexibility index (Phi) is 5.13. The molecule has 1 atom stereocenters. The number of ether oxygens (including phenoxy) is 1. The van der Waals surface area contributed by atoms with Crippen LogP contribution in [0.25, 0.3) is 0 Å². The summed E-state index contributed by atoms with van der Waals surface area (Å²) in [6.07, 6.45) is 3.67. The predicted octanol–water partition coefficient (Wildman–Crippen LogP) is 2.16. The van der Waals surface area contributed by atoms with Crippen molar-refractivity contribution in [1.29, 1.82) is 0 Å². The van der Waals surface area contributed by atoms with Gasteiger partial charge in [-0.1, -0.05) is 17.7 Å². The Bertz CT molecular complexity index is 70.9. The van der Waals surface area contributed by atoms with Gasteiger partial charge in [0.05, 0.1) is 0 Å². The first kappa shape index (κ1) is 7.99. The Balaban J connectivity index is 3.17. The fraction of sp³-hybridized carbons (Fsp3) is 0.667. The highest BCUT2D eigenvalue weighted by atomic mass is 35.5. The van der Waals surface area contributed by atoms with Crippen LogP contribution < -0.4 is 0 Å². The molecule has 2 heteroatoms. The van der Waals surface area contributed by atoms with Gasteiger partial charge in [-0.15, -0.1) is 0 Å². The molecule has 0 aromatic carbocycles. The third-order valence-corrected chi connectivity index (χ3v) is 0.941. The summed E-state index contributed by atoms with van der Waals surface area (Å²) in [5, 5.41) is 0. The van der Waals surface area contributed by atoms with Gasteiger partial charge >= 0.3 is 0 Å². The van der Waals surface area contributed by atoms with Crippen LogP contribution in [0.4, 0.5) is 0 Å². The van der Waals surface area contributed by atoms with Gasteiger partial charge in [0.15, 0.2) is 0 Å². The summed E-state index contributed by atoms with van der Waals surface area (Å²) >= 11 is 5.57. The van der Waals surface area contributed by atoms with Crippen molar-refractivity contribution < 1.29 is 4.74 Å². The molecule has 0 amide bonds. The van der Waals surface area contributed by atoms with Crippen molar-refractivity contribution in [3.63, 3.8) is 0 Å². The van der Waals surface area contributed by atoms with E-state index in [1.54, 1.807) is 6.08 Å². The van der Waals surface area contributed by atoms with Gasteiger partial charge in [-0.3, -0.25) is 0 Å². The molecule has 1 unspecified atom stereocenters. The lowest BCUT2D eigenvalue weighted by molar-refractivity contribution is 0.149. The highest BCUT2D eigenvalue weighted by Gasteiger charge is 1.92. The summed E-state index contributed by atoms with van der Waals surface area (Å²) < 4.78 is 4.96. The molecule has 0 saturated heterocycles. The highest BCUT2D eigenvalue weighted by Crippen LogP contribution is 1.98. The number of hydrogen-bond acceptors (Lipinski definition) is 1. The first-order valence-corrected chi connectivity index (χ1v) is 3.13. The molecular weight excluding hydrogens is 124 g/mol. The molecule has 0 aliphatic rings. The van der Waals surface area contributed by atoms with Crippen molar-refractivity contribution in [2.75, 3.05) is 6.61 Å². The van der Waals surface area contributed by atoms with Crippen LogP contribution in [0, 0.1) is 0 Å². The van der Waals surface area contributed by atoms with Crippen LogP contribution in [0.2, 0.25) is 0 Å². The monoisotopic (exact) mass is 134 g/mol. The van der Waals surface area contributed by atoms with Gasteiger partial charge in [0.1, 0.15) is 5.56 Å². The third kappa shape index (κ3) is 4.16. The fourth-order valence-electron chi connectivity index (χ4n) is 0.366. The lowest BCUT2D eigenvalue weighted by Gasteiger charge is -2.00.